The van der Waals surface area contributed by atoms with Gasteiger partial charge >= 0.3 is 0 Å². The number of hydrogen-bond donors (Lipinski definition) is 0. The highest BCUT2D eigenvalue weighted by Crippen LogP contribution is 2.25. The lowest BCUT2D eigenvalue weighted by Crippen LogP contribution is -2.31. The van der Waals surface area contributed by atoms with Gasteiger partial charge in [0, 0.05) is 26.1 Å². The lowest BCUT2D eigenvalue weighted by molar-refractivity contribution is -0.179. The molecule has 1 saturated heterocycles. The monoisotopic (exact) mass is 186 g/mol. The van der Waals surface area contributed by atoms with Crippen molar-refractivity contribution in [1.29, 1.82) is 0 Å². The molecule has 3 nitrogen and oxygen atoms in total. The fourth-order valence-electron chi connectivity index (χ4n) is 1.75. The van der Waals surface area contributed by atoms with E-state index in [4.69, 9.17) is 9.47 Å². The van der Waals surface area contributed by atoms with Gasteiger partial charge in [0.25, 0.3) is 0 Å². The first-order valence-electron chi connectivity index (χ1n) is 4.88. The zero-order chi connectivity index (χ0) is 9.68. The Morgan fingerprint density at radius 2 is 2.38 bits per heavy atom. The molecular weight excluding hydrogens is 168 g/mol. The van der Waals surface area contributed by atoms with Gasteiger partial charge in [-0.25, -0.2) is 0 Å². The SMILES string of the molecule is COC1OCCCC1CCC(C)=O. The molecule has 0 aromatic heterocycles. The second-order valence-electron chi connectivity index (χ2n) is 3.62. The van der Waals surface area contributed by atoms with Crippen molar-refractivity contribution in [3.63, 3.8) is 0 Å². The summed E-state index contributed by atoms with van der Waals surface area (Å²) in [5.41, 5.74) is 0. The van der Waals surface area contributed by atoms with Crippen LogP contribution < -0.4 is 0 Å². The summed E-state index contributed by atoms with van der Waals surface area (Å²) in [5.74, 6) is 0.656. The van der Waals surface area contributed by atoms with E-state index in [1.807, 2.05) is 0 Å². The van der Waals surface area contributed by atoms with Gasteiger partial charge in [-0.2, -0.15) is 0 Å². The summed E-state index contributed by atoms with van der Waals surface area (Å²) in [5, 5.41) is 0. The summed E-state index contributed by atoms with van der Waals surface area (Å²) in [6.07, 6.45) is 3.66. The first-order valence-corrected chi connectivity index (χ1v) is 4.88. The number of carbonyl (C=O) groups is 1. The molecule has 13 heavy (non-hydrogen) atoms. The minimum atomic E-state index is -0.0897. The number of carbonyl (C=O) groups excluding carboxylic acids is 1. The number of Topliss-reactive ketones (excluding diaryl/α,β-unsaturated/α-hetero) is 1. The topological polar surface area (TPSA) is 35.5 Å². The fourth-order valence-corrected chi connectivity index (χ4v) is 1.75. The van der Waals surface area contributed by atoms with Gasteiger partial charge in [-0.15, -0.1) is 0 Å². The summed E-state index contributed by atoms with van der Waals surface area (Å²) in [4.78, 5) is 10.8. The lowest BCUT2D eigenvalue weighted by Gasteiger charge is -2.30. The molecule has 0 aromatic rings. The highest BCUT2D eigenvalue weighted by Gasteiger charge is 2.25. The van der Waals surface area contributed by atoms with E-state index < -0.39 is 0 Å². The molecule has 1 aliphatic rings. The van der Waals surface area contributed by atoms with Crippen LogP contribution in [0.3, 0.4) is 0 Å². The molecule has 1 aliphatic heterocycles. The van der Waals surface area contributed by atoms with Crippen LogP contribution in [0.5, 0.6) is 0 Å². The Balaban J connectivity index is 2.31. The van der Waals surface area contributed by atoms with Crippen LogP contribution >= 0.6 is 0 Å². The Morgan fingerprint density at radius 1 is 1.62 bits per heavy atom. The zero-order valence-corrected chi connectivity index (χ0v) is 8.41. The quantitative estimate of drug-likeness (QED) is 0.671. The van der Waals surface area contributed by atoms with Gasteiger partial charge in [0.2, 0.25) is 0 Å². The number of methoxy groups -OCH3 is 1. The number of rotatable bonds is 4. The van der Waals surface area contributed by atoms with E-state index in [-0.39, 0.29) is 12.1 Å². The highest BCUT2D eigenvalue weighted by atomic mass is 16.7. The molecule has 2 unspecified atom stereocenters. The molecule has 0 saturated carbocycles. The summed E-state index contributed by atoms with van der Waals surface area (Å²) in [6.45, 7) is 2.42. The van der Waals surface area contributed by atoms with Crippen LogP contribution in [0.1, 0.15) is 32.6 Å². The lowest BCUT2D eigenvalue weighted by atomic mass is 9.94. The molecule has 0 aromatic carbocycles. The maximum atomic E-state index is 10.8. The van der Waals surface area contributed by atoms with E-state index in [0.29, 0.717) is 12.3 Å². The van der Waals surface area contributed by atoms with E-state index in [2.05, 4.69) is 0 Å². The molecule has 0 amide bonds. The maximum Gasteiger partial charge on any atom is 0.159 e. The Labute approximate surface area is 79.4 Å². The van der Waals surface area contributed by atoms with Gasteiger partial charge in [-0.1, -0.05) is 0 Å². The van der Waals surface area contributed by atoms with Crippen LogP contribution in [0, 0.1) is 5.92 Å². The van der Waals surface area contributed by atoms with Crippen LogP contribution in [0.2, 0.25) is 0 Å². The maximum absolute atomic E-state index is 10.8. The molecule has 1 heterocycles. The Kier molecular flexibility index (Phi) is 4.39. The van der Waals surface area contributed by atoms with Crippen LogP contribution in [0.4, 0.5) is 0 Å². The van der Waals surface area contributed by atoms with E-state index in [0.717, 1.165) is 25.9 Å². The average molecular weight is 186 g/mol. The van der Waals surface area contributed by atoms with Crippen LogP contribution in [-0.4, -0.2) is 25.8 Å². The third-order valence-electron chi connectivity index (χ3n) is 2.49. The minimum absolute atomic E-state index is 0.0897. The number of ether oxygens (including phenoxy) is 2. The van der Waals surface area contributed by atoms with Gasteiger partial charge in [-0.3, -0.25) is 0 Å². The van der Waals surface area contributed by atoms with Gasteiger partial charge in [0.15, 0.2) is 6.29 Å². The van der Waals surface area contributed by atoms with Crippen molar-refractivity contribution in [3.05, 3.63) is 0 Å². The van der Waals surface area contributed by atoms with Gasteiger partial charge in [0.1, 0.15) is 5.78 Å². The molecule has 3 heteroatoms. The van der Waals surface area contributed by atoms with E-state index in [1.54, 1.807) is 14.0 Å². The summed E-state index contributed by atoms with van der Waals surface area (Å²) < 4.78 is 10.6. The summed E-state index contributed by atoms with van der Waals surface area (Å²) >= 11 is 0. The smallest absolute Gasteiger partial charge is 0.159 e. The van der Waals surface area contributed by atoms with Crippen molar-refractivity contribution in [2.45, 2.75) is 38.9 Å². The molecule has 76 valence electrons. The normalized spacial score (nSPS) is 28.8. The largest absolute Gasteiger partial charge is 0.356 e. The average Bonchev–Trinajstić information content (AvgIpc) is 2.15. The van der Waals surface area contributed by atoms with Crippen molar-refractivity contribution < 1.29 is 14.3 Å². The second kappa shape index (κ2) is 5.35. The first-order chi connectivity index (χ1) is 6.24. The van der Waals surface area contributed by atoms with Crippen molar-refractivity contribution in [1.82, 2.24) is 0 Å². The van der Waals surface area contributed by atoms with Gasteiger partial charge < -0.3 is 14.3 Å². The van der Waals surface area contributed by atoms with Crippen molar-refractivity contribution in [3.8, 4) is 0 Å². The zero-order valence-electron chi connectivity index (χ0n) is 8.41. The molecule has 1 fully saturated rings. The van der Waals surface area contributed by atoms with E-state index >= 15 is 0 Å². The summed E-state index contributed by atoms with van der Waals surface area (Å²) in [7, 11) is 1.66. The van der Waals surface area contributed by atoms with Crippen LogP contribution in [0.15, 0.2) is 0 Å². The van der Waals surface area contributed by atoms with Gasteiger partial charge in [-0.05, 0) is 26.2 Å². The first kappa shape index (κ1) is 10.7. The third kappa shape index (κ3) is 3.44. The molecule has 0 spiro atoms. The third-order valence-corrected chi connectivity index (χ3v) is 2.49. The molecule has 1 rings (SSSR count). The second-order valence-corrected chi connectivity index (χ2v) is 3.62. The van der Waals surface area contributed by atoms with Gasteiger partial charge in [0.05, 0.1) is 0 Å². The fraction of sp³-hybridized carbons (Fsp3) is 0.900. The Morgan fingerprint density at radius 3 is 3.00 bits per heavy atom. The van der Waals surface area contributed by atoms with E-state index in [1.165, 1.54) is 0 Å². The van der Waals surface area contributed by atoms with Crippen molar-refractivity contribution in [2.24, 2.45) is 5.92 Å². The van der Waals surface area contributed by atoms with Crippen molar-refractivity contribution >= 4 is 5.78 Å². The standard InChI is InChI=1S/C10H18O3/c1-8(11)5-6-9-4-3-7-13-10(9)12-2/h9-10H,3-7H2,1-2H3. The molecule has 2 atom stereocenters. The predicted molar refractivity (Wildman–Crippen MR) is 49.4 cm³/mol. The number of ketones is 1. The van der Waals surface area contributed by atoms with Crippen LogP contribution in [-0.2, 0) is 14.3 Å². The Hall–Kier alpha value is -0.410. The van der Waals surface area contributed by atoms with Crippen molar-refractivity contribution in [2.75, 3.05) is 13.7 Å². The molecular formula is C10H18O3. The highest BCUT2D eigenvalue weighted by molar-refractivity contribution is 5.75. The Bertz CT molecular complexity index is 168. The molecule has 0 aliphatic carbocycles. The van der Waals surface area contributed by atoms with Crippen LogP contribution in [0.25, 0.3) is 0 Å². The summed E-state index contributed by atoms with van der Waals surface area (Å²) in [6, 6.07) is 0. The minimum Gasteiger partial charge on any atom is -0.356 e. The molecule has 0 bridgehead atoms. The molecule has 0 radical (unpaired) electrons. The number of hydrogen-bond acceptors (Lipinski definition) is 3. The van der Waals surface area contributed by atoms with E-state index in [9.17, 15) is 4.79 Å². The predicted octanol–water partition coefficient (Wildman–Crippen LogP) is 1.75. The molecule has 0 N–H and O–H groups in total.